The van der Waals surface area contributed by atoms with Crippen molar-refractivity contribution in [1.82, 2.24) is 10.2 Å². The molecule has 0 unspecified atom stereocenters. The molecule has 0 radical (unpaired) electrons. The number of nitrogen functional groups attached to an aromatic ring is 1. The van der Waals surface area contributed by atoms with E-state index >= 15 is 0 Å². The quantitative estimate of drug-likeness (QED) is 0.788. The van der Waals surface area contributed by atoms with Gasteiger partial charge in [0.05, 0.1) is 11.4 Å². The number of carboxylic acid groups (broad SMARTS) is 1. The third-order valence-electron chi connectivity index (χ3n) is 4.40. The van der Waals surface area contributed by atoms with E-state index in [0.29, 0.717) is 17.1 Å². The monoisotopic (exact) mass is 328 g/mol. The number of anilines is 2. The highest BCUT2D eigenvalue weighted by Crippen LogP contribution is 2.33. The molecule has 1 saturated heterocycles. The Morgan fingerprint density at radius 3 is 2.62 bits per heavy atom. The number of carbonyl (C=O) groups is 1. The first-order chi connectivity index (χ1) is 11.5. The standard InChI is InChI=1S/C17H20N4O3/c18-17-14(21-7-5-11(6-8-21)9-16(23)24)10-13(19-20-17)12-3-1-2-4-15(12)22/h1-4,10-11,22H,5-9H2,(H2,18,20)(H,23,24). The van der Waals surface area contributed by atoms with Gasteiger partial charge in [-0.05, 0) is 37.0 Å². The Balaban J connectivity index is 1.81. The molecule has 3 rings (SSSR count). The first kappa shape index (κ1) is 16.0. The van der Waals surface area contributed by atoms with Crippen LogP contribution in [0.2, 0.25) is 0 Å². The Morgan fingerprint density at radius 1 is 1.25 bits per heavy atom. The normalized spacial score (nSPS) is 15.4. The van der Waals surface area contributed by atoms with Crippen LogP contribution in [0, 0.1) is 5.92 Å². The SMILES string of the molecule is Nc1nnc(-c2ccccc2O)cc1N1CCC(CC(=O)O)CC1. The summed E-state index contributed by atoms with van der Waals surface area (Å²) in [4.78, 5) is 12.9. The molecule has 0 spiro atoms. The van der Waals surface area contributed by atoms with Gasteiger partial charge in [0, 0.05) is 25.1 Å². The number of nitrogens with zero attached hydrogens (tertiary/aromatic N) is 3. The first-order valence-electron chi connectivity index (χ1n) is 7.93. The molecule has 1 aliphatic rings. The zero-order valence-corrected chi connectivity index (χ0v) is 13.2. The van der Waals surface area contributed by atoms with Crippen LogP contribution >= 0.6 is 0 Å². The lowest BCUT2D eigenvalue weighted by Gasteiger charge is -2.33. The van der Waals surface area contributed by atoms with Crippen LogP contribution in [-0.4, -0.2) is 39.5 Å². The third-order valence-corrected chi connectivity index (χ3v) is 4.40. The molecule has 2 aromatic rings. The molecular formula is C17H20N4O3. The summed E-state index contributed by atoms with van der Waals surface area (Å²) in [5, 5.41) is 27.0. The van der Waals surface area contributed by atoms with E-state index in [1.165, 1.54) is 0 Å². The Kier molecular flexibility index (Phi) is 4.50. The van der Waals surface area contributed by atoms with Gasteiger partial charge in [0.2, 0.25) is 0 Å². The lowest BCUT2D eigenvalue weighted by Crippen LogP contribution is -2.35. The van der Waals surface area contributed by atoms with Gasteiger partial charge in [-0.1, -0.05) is 12.1 Å². The van der Waals surface area contributed by atoms with Crippen molar-refractivity contribution in [2.75, 3.05) is 23.7 Å². The molecule has 1 aromatic heterocycles. The molecular weight excluding hydrogens is 308 g/mol. The number of aromatic nitrogens is 2. The second-order valence-corrected chi connectivity index (χ2v) is 6.05. The molecule has 0 saturated carbocycles. The smallest absolute Gasteiger partial charge is 0.303 e. The summed E-state index contributed by atoms with van der Waals surface area (Å²) >= 11 is 0. The van der Waals surface area contributed by atoms with Gasteiger partial charge in [-0.3, -0.25) is 4.79 Å². The average molecular weight is 328 g/mol. The summed E-state index contributed by atoms with van der Waals surface area (Å²) in [7, 11) is 0. The van der Waals surface area contributed by atoms with Gasteiger partial charge in [-0.2, -0.15) is 0 Å². The maximum Gasteiger partial charge on any atom is 0.303 e. The van der Waals surface area contributed by atoms with Crippen LogP contribution in [0.15, 0.2) is 30.3 Å². The highest BCUT2D eigenvalue weighted by molar-refractivity contribution is 5.74. The fourth-order valence-corrected chi connectivity index (χ4v) is 3.09. The van der Waals surface area contributed by atoms with Crippen molar-refractivity contribution in [2.45, 2.75) is 19.3 Å². The van der Waals surface area contributed by atoms with E-state index in [2.05, 4.69) is 15.1 Å². The topological polar surface area (TPSA) is 113 Å². The van der Waals surface area contributed by atoms with Crippen LogP contribution in [0.3, 0.4) is 0 Å². The zero-order valence-electron chi connectivity index (χ0n) is 13.2. The predicted molar refractivity (Wildman–Crippen MR) is 90.7 cm³/mol. The minimum absolute atomic E-state index is 0.141. The van der Waals surface area contributed by atoms with Crippen LogP contribution in [0.25, 0.3) is 11.3 Å². The van der Waals surface area contributed by atoms with Crippen molar-refractivity contribution < 1.29 is 15.0 Å². The van der Waals surface area contributed by atoms with Crippen LogP contribution < -0.4 is 10.6 Å². The van der Waals surface area contributed by atoms with E-state index < -0.39 is 5.97 Å². The van der Waals surface area contributed by atoms with Crippen molar-refractivity contribution in [3.05, 3.63) is 30.3 Å². The van der Waals surface area contributed by atoms with Crippen molar-refractivity contribution in [3.63, 3.8) is 0 Å². The number of aromatic hydroxyl groups is 1. The lowest BCUT2D eigenvalue weighted by molar-refractivity contribution is -0.138. The van der Waals surface area contributed by atoms with Gasteiger partial charge < -0.3 is 20.8 Å². The fraction of sp³-hybridized carbons (Fsp3) is 0.353. The third kappa shape index (κ3) is 3.40. The van der Waals surface area contributed by atoms with E-state index in [4.69, 9.17) is 10.8 Å². The zero-order chi connectivity index (χ0) is 17.1. The Morgan fingerprint density at radius 2 is 1.96 bits per heavy atom. The number of aliphatic carboxylic acids is 1. The van der Waals surface area contributed by atoms with Gasteiger partial charge in [-0.25, -0.2) is 0 Å². The molecule has 1 aliphatic heterocycles. The molecule has 0 amide bonds. The molecule has 2 heterocycles. The molecule has 126 valence electrons. The molecule has 7 heteroatoms. The summed E-state index contributed by atoms with van der Waals surface area (Å²) in [6, 6.07) is 8.78. The van der Waals surface area contributed by atoms with Gasteiger partial charge in [0.1, 0.15) is 5.75 Å². The van der Waals surface area contributed by atoms with E-state index in [0.717, 1.165) is 31.6 Å². The Bertz CT molecular complexity index is 742. The number of nitrogens with two attached hydrogens (primary N) is 1. The molecule has 0 aliphatic carbocycles. The molecule has 0 bridgehead atoms. The Labute approximate surface area is 139 Å². The minimum Gasteiger partial charge on any atom is -0.507 e. The molecule has 7 nitrogen and oxygen atoms in total. The molecule has 1 aromatic carbocycles. The summed E-state index contributed by atoms with van der Waals surface area (Å²) < 4.78 is 0. The molecule has 24 heavy (non-hydrogen) atoms. The maximum atomic E-state index is 10.8. The number of hydrogen-bond donors (Lipinski definition) is 3. The number of piperidine rings is 1. The van der Waals surface area contributed by atoms with Gasteiger partial charge in [0.15, 0.2) is 5.82 Å². The van der Waals surface area contributed by atoms with Gasteiger partial charge in [-0.15, -0.1) is 10.2 Å². The maximum absolute atomic E-state index is 10.8. The summed E-state index contributed by atoms with van der Waals surface area (Å²) in [5.74, 6) is -0.0682. The number of benzene rings is 1. The second-order valence-electron chi connectivity index (χ2n) is 6.05. The molecule has 0 atom stereocenters. The van der Waals surface area contributed by atoms with Gasteiger partial charge >= 0.3 is 5.97 Å². The molecule has 1 fully saturated rings. The van der Waals surface area contributed by atoms with E-state index in [-0.39, 0.29) is 18.1 Å². The van der Waals surface area contributed by atoms with Crippen LogP contribution in [0.1, 0.15) is 19.3 Å². The van der Waals surface area contributed by atoms with Crippen molar-refractivity contribution in [3.8, 4) is 17.0 Å². The number of hydrogen-bond acceptors (Lipinski definition) is 6. The largest absolute Gasteiger partial charge is 0.507 e. The van der Waals surface area contributed by atoms with Crippen molar-refractivity contribution >= 4 is 17.5 Å². The number of phenolic OH excluding ortho intramolecular Hbond substituents is 1. The summed E-state index contributed by atoms with van der Waals surface area (Å²) in [6.07, 6.45) is 1.82. The van der Waals surface area contributed by atoms with Crippen molar-refractivity contribution in [1.29, 1.82) is 0 Å². The fourth-order valence-electron chi connectivity index (χ4n) is 3.09. The summed E-state index contributed by atoms with van der Waals surface area (Å²) in [5.41, 5.74) is 7.92. The van der Waals surface area contributed by atoms with Crippen LogP contribution in [0.4, 0.5) is 11.5 Å². The van der Waals surface area contributed by atoms with Crippen LogP contribution in [0.5, 0.6) is 5.75 Å². The predicted octanol–water partition coefficient (Wildman–Crippen LogP) is 2.12. The van der Waals surface area contributed by atoms with Gasteiger partial charge in [0.25, 0.3) is 0 Å². The highest BCUT2D eigenvalue weighted by Gasteiger charge is 2.23. The van der Waals surface area contributed by atoms with Crippen molar-refractivity contribution in [2.24, 2.45) is 5.92 Å². The lowest BCUT2D eigenvalue weighted by atomic mass is 9.93. The average Bonchev–Trinajstić information content (AvgIpc) is 2.56. The van der Waals surface area contributed by atoms with E-state index in [9.17, 15) is 9.90 Å². The number of rotatable bonds is 4. The Hall–Kier alpha value is -2.83. The number of para-hydroxylation sites is 1. The van der Waals surface area contributed by atoms with E-state index in [1.54, 1.807) is 18.2 Å². The molecule has 4 N–H and O–H groups in total. The number of carboxylic acids is 1. The first-order valence-corrected chi connectivity index (χ1v) is 7.93. The second kappa shape index (κ2) is 6.74. The minimum atomic E-state index is -0.750. The number of phenols is 1. The van der Waals surface area contributed by atoms with E-state index in [1.807, 2.05) is 12.1 Å². The highest BCUT2D eigenvalue weighted by atomic mass is 16.4. The summed E-state index contributed by atoms with van der Waals surface area (Å²) in [6.45, 7) is 1.46. The van der Waals surface area contributed by atoms with Crippen LogP contribution in [-0.2, 0) is 4.79 Å².